The van der Waals surface area contributed by atoms with Gasteiger partial charge in [-0.1, -0.05) is 13.8 Å². The first-order valence-electron chi connectivity index (χ1n) is 10.1. The average molecular weight is 455 g/mol. The van der Waals surface area contributed by atoms with E-state index in [2.05, 4.69) is 33.2 Å². The molecule has 12 heteroatoms. The number of nitrogens with one attached hydrogen (secondary N) is 3. The van der Waals surface area contributed by atoms with Crippen LogP contribution in [0.15, 0.2) is 12.5 Å². The van der Waals surface area contributed by atoms with E-state index in [9.17, 15) is 24.3 Å². The van der Waals surface area contributed by atoms with Crippen molar-refractivity contribution in [1.82, 2.24) is 25.5 Å². The number of carboxylic acid groups (broad SMARTS) is 1. The van der Waals surface area contributed by atoms with Gasteiger partial charge in [-0.15, -0.1) is 0 Å². The van der Waals surface area contributed by atoms with E-state index in [4.69, 9.17) is 5.73 Å². The first-order chi connectivity index (χ1) is 14.6. The van der Waals surface area contributed by atoms with Crippen LogP contribution in [0.3, 0.4) is 0 Å². The van der Waals surface area contributed by atoms with E-state index >= 15 is 0 Å². The number of carbonyl (C=O) groups is 4. The highest BCUT2D eigenvalue weighted by Gasteiger charge is 2.38. The Labute approximate surface area is 185 Å². The molecule has 4 unspecified atom stereocenters. The Kier molecular flexibility index (Phi) is 8.87. The summed E-state index contributed by atoms with van der Waals surface area (Å²) in [5.74, 6) is -2.80. The molecule has 1 aliphatic heterocycles. The van der Waals surface area contributed by atoms with Gasteiger partial charge in [0.1, 0.15) is 18.1 Å². The average Bonchev–Trinajstić information content (AvgIpc) is 3.41. The fourth-order valence-corrected chi connectivity index (χ4v) is 3.59. The summed E-state index contributed by atoms with van der Waals surface area (Å²) in [6.07, 6.45) is 3.99. The van der Waals surface area contributed by atoms with Crippen molar-refractivity contribution in [3.05, 3.63) is 18.2 Å². The van der Waals surface area contributed by atoms with Crippen LogP contribution in [0.25, 0.3) is 0 Å². The molecule has 2 rings (SSSR count). The lowest BCUT2D eigenvalue weighted by Gasteiger charge is -2.29. The number of likely N-dealkylation sites (tertiary alicyclic amines) is 1. The topological polar surface area (TPSA) is 171 Å². The summed E-state index contributed by atoms with van der Waals surface area (Å²) in [5, 5.41) is 14.4. The molecule has 172 valence electrons. The van der Waals surface area contributed by atoms with Crippen LogP contribution in [0.1, 0.15) is 32.4 Å². The van der Waals surface area contributed by atoms with Crippen LogP contribution in [0, 0.1) is 5.92 Å². The van der Waals surface area contributed by atoms with E-state index in [-0.39, 0.29) is 24.0 Å². The van der Waals surface area contributed by atoms with Crippen LogP contribution >= 0.6 is 12.6 Å². The molecule has 0 aliphatic carbocycles. The van der Waals surface area contributed by atoms with Crippen molar-refractivity contribution in [2.75, 3.05) is 12.3 Å². The second kappa shape index (κ2) is 11.1. The number of amides is 3. The standard InChI is InChI=1S/C19H30N6O5S/c1-10(2)15(20)18(28)25-5-3-4-14(25)17(27)24-13(8-31)16(26)23-12(19(29)30)6-11-7-21-9-22-11/h7,9-10,12-15,31H,3-6,8,20H2,1-2H3,(H,21,22)(H,23,26)(H,24,27)(H,29,30). The molecule has 0 bridgehead atoms. The maximum Gasteiger partial charge on any atom is 0.326 e. The first kappa shape index (κ1) is 24.7. The lowest BCUT2D eigenvalue weighted by molar-refractivity contribution is -0.143. The number of hydrogen-bond donors (Lipinski definition) is 6. The first-order valence-corrected chi connectivity index (χ1v) is 10.8. The number of H-pyrrole nitrogens is 1. The molecular weight excluding hydrogens is 424 g/mol. The monoisotopic (exact) mass is 454 g/mol. The number of nitrogens with zero attached hydrogens (tertiary/aromatic N) is 2. The summed E-state index contributed by atoms with van der Waals surface area (Å²) in [7, 11) is 0. The molecule has 1 saturated heterocycles. The van der Waals surface area contributed by atoms with Crippen molar-refractivity contribution in [2.24, 2.45) is 11.7 Å². The molecule has 0 spiro atoms. The van der Waals surface area contributed by atoms with Crippen LogP contribution in [0.4, 0.5) is 0 Å². The number of aliphatic carboxylic acids is 1. The highest BCUT2D eigenvalue weighted by Crippen LogP contribution is 2.20. The number of thiol groups is 1. The summed E-state index contributed by atoms with van der Waals surface area (Å²) < 4.78 is 0. The number of aromatic amines is 1. The van der Waals surface area contributed by atoms with Gasteiger partial charge in [0.15, 0.2) is 0 Å². The number of carbonyl (C=O) groups excluding carboxylic acids is 3. The number of carboxylic acids is 1. The predicted octanol–water partition coefficient (Wildman–Crippen LogP) is -1.09. The normalized spacial score (nSPS) is 19.0. The SMILES string of the molecule is CC(C)C(N)C(=O)N1CCCC1C(=O)NC(CS)C(=O)NC(Cc1cnc[nH]1)C(=O)O. The Hall–Kier alpha value is -2.60. The molecule has 3 amide bonds. The van der Waals surface area contributed by atoms with E-state index in [1.165, 1.54) is 17.4 Å². The third-order valence-corrected chi connectivity index (χ3v) is 5.62. The number of aromatic nitrogens is 2. The highest BCUT2D eigenvalue weighted by atomic mass is 32.1. The van der Waals surface area contributed by atoms with Gasteiger partial charge in [-0.3, -0.25) is 14.4 Å². The minimum Gasteiger partial charge on any atom is -0.480 e. The number of nitrogens with two attached hydrogens (primary N) is 1. The van der Waals surface area contributed by atoms with Crippen LogP contribution in [0.5, 0.6) is 0 Å². The Bertz CT molecular complexity index is 787. The van der Waals surface area contributed by atoms with Crippen LogP contribution in [0.2, 0.25) is 0 Å². The molecule has 31 heavy (non-hydrogen) atoms. The molecule has 0 aromatic carbocycles. The van der Waals surface area contributed by atoms with Crippen molar-refractivity contribution < 1.29 is 24.3 Å². The van der Waals surface area contributed by atoms with Gasteiger partial charge in [-0.25, -0.2) is 9.78 Å². The molecule has 0 radical (unpaired) electrons. The summed E-state index contributed by atoms with van der Waals surface area (Å²) in [4.78, 5) is 57.6. The zero-order valence-electron chi connectivity index (χ0n) is 17.6. The van der Waals surface area contributed by atoms with Gasteiger partial charge in [-0.05, 0) is 18.8 Å². The molecule has 0 saturated carbocycles. The molecule has 1 aliphatic rings. The van der Waals surface area contributed by atoms with Gasteiger partial charge >= 0.3 is 5.97 Å². The predicted molar refractivity (Wildman–Crippen MR) is 115 cm³/mol. The number of imidazole rings is 1. The van der Waals surface area contributed by atoms with Crippen LogP contribution in [-0.4, -0.2) is 80.1 Å². The van der Waals surface area contributed by atoms with Crippen molar-refractivity contribution in [1.29, 1.82) is 0 Å². The van der Waals surface area contributed by atoms with Gasteiger partial charge in [-0.2, -0.15) is 12.6 Å². The Morgan fingerprint density at radius 3 is 2.58 bits per heavy atom. The third kappa shape index (κ3) is 6.44. The summed E-state index contributed by atoms with van der Waals surface area (Å²) in [6, 6.07) is -3.71. The van der Waals surface area contributed by atoms with Gasteiger partial charge in [0.05, 0.1) is 12.4 Å². The smallest absolute Gasteiger partial charge is 0.326 e. The second-order valence-corrected chi connectivity index (χ2v) is 8.25. The maximum absolute atomic E-state index is 12.8. The summed E-state index contributed by atoms with van der Waals surface area (Å²) in [6.45, 7) is 4.08. The molecule has 2 heterocycles. The zero-order chi connectivity index (χ0) is 23.1. The second-order valence-electron chi connectivity index (χ2n) is 7.88. The minimum atomic E-state index is -1.22. The summed E-state index contributed by atoms with van der Waals surface area (Å²) in [5.41, 5.74) is 6.50. The Morgan fingerprint density at radius 1 is 1.32 bits per heavy atom. The van der Waals surface area contributed by atoms with E-state index < -0.39 is 42.0 Å². The van der Waals surface area contributed by atoms with E-state index in [0.29, 0.717) is 25.1 Å². The summed E-state index contributed by atoms with van der Waals surface area (Å²) >= 11 is 4.12. The van der Waals surface area contributed by atoms with Gasteiger partial charge in [0.25, 0.3) is 0 Å². The van der Waals surface area contributed by atoms with E-state index in [1.54, 1.807) is 0 Å². The van der Waals surface area contributed by atoms with Gasteiger partial charge in [0, 0.05) is 30.6 Å². The fourth-order valence-electron chi connectivity index (χ4n) is 3.33. The van der Waals surface area contributed by atoms with Crippen molar-refractivity contribution in [3.63, 3.8) is 0 Å². The van der Waals surface area contributed by atoms with Gasteiger partial charge in [0.2, 0.25) is 17.7 Å². The molecule has 1 fully saturated rings. The minimum absolute atomic E-state index is 0.00626. The molecular formula is C19H30N6O5S. The third-order valence-electron chi connectivity index (χ3n) is 5.25. The maximum atomic E-state index is 12.8. The quantitative estimate of drug-likeness (QED) is 0.244. The molecule has 1 aromatic heterocycles. The molecule has 11 nitrogen and oxygen atoms in total. The zero-order valence-corrected chi connectivity index (χ0v) is 18.5. The van der Waals surface area contributed by atoms with Crippen molar-refractivity contribution >= 4 is 36.3 Å². The van der Waals surface area contributed by atoms with E-state index in [0.717, 1.165) is 0 Å². The van der Waals surface area contributed by atoms with E-state index in [1.807, 2.05) is 13.8 Å². The lowest BCUT2D eigenvalue weighted by Crippen LogP contribution is -2.57. The molecule has 6 N–H and O–H groups in total. The molecule has 1 aromatic rings. The number of hydrogen-bond acceptors (Lipinski definition) is 7. The fraction of sp³-hybridized carbons (Fsp3) is 0.632. The highest BCUT2D eigenvalue weighted by molar-refractivity contribution is 7.80. The van der Waals surface area contributed by atoms with Crippen molar-refractivity contribution in [2.45, 2.75) is 57.3 Å². The van der Waals surface area contributed by atoms with Crippen LogP contribution in [-0.2, 0) is 25.6 Å². The largest absolute Gasteiger partial charge is 0.480 e. The lowest BCUT2D eigenvalue weighted by atomic mass is 10.0. The molecule has 4 atom stereocenters. The van der Waals surface area contributed by atoms with Crippen LogP contribution < -0.4 is 16.4 Å². The van der Waals surface area contributed by atoms with Crippen molar-refractivity contribution in [3.8, 4) is 0 Å². The Morgan fingerprint density at radius 2 is 2.03 bits per heavy atom. The Balaban J connectivity index is 2.01. The number of rotatable bonds is 10. The van der Waals surface area contributed by atoms with Gasteiger partial charge < -0.3 is 31.4 Å².